The molecule has 0 atom stereocenters. The van der Waals surface area contributed by atoms with Crippen LogP contribution in [0.1, 0.15) is 39.5 Å². The standard InChI is InChI=1S/C33H31Cl2N3O5/c1-4-41-30-17-25(13-14-29(30)42-19-23-10-6-5-7-11-23)33(40)38-36-18-24-15-26(34)32(27(35)16-24)43-20-31(39)37-28-12-8-9-21(2)22(28)3/h5-18H,4,19-20H2,1-3H3,(H,37,39)(H,38,40)/b36-18+. The normalized spacial score (nSPS) is 10.8. The Morgan fingerprint density at radius 2 is 1.60 bits per heavy atom. The van der Waals surface area contributed by atoms with Crippen molar-refractivity contribution in [3.05, 3.63) is 117 Å². The molecule has 0 aliphatic heterocycles. The predicted molar refractivity (Wildman–Crippen MR) is 170 cm³/mol. The number of benzene rings is 4. The Morgan fingerprint density at radius 1 is 0.860 bits per heavy atom. The zero-order valence-electron chi connectivity index (χ0n) is 23.9. The first-order valence-electron chi connectivity index (χ1n) is 13.5. The lowest BCUT2D eigenvalue weighted by Gasteiger charge is -2.13. The van der Waals surface area contributed by atoms with Crippen LogP contribution in [0.2, 0.25) is 10.0 Å². The summed E-state index contributed by atoms with van der Waals surface area (Å²) < 4.78 is 17.2. The number of rotatable bonds is 12. The van der Waals surface area contributed by atoms with Crippen molar-refractivity contribution in [3.63, 3.8) is 0 Å². The molecule has 2 N–H and O–H groups in total. The number of anilines is 1. The molecular formula is C33H31Cl2N3O5. The zero-order valence-corrected chi connectivity index (χ0v) is 25.5. The van der Waals surface area contributed by atoms with Gasteiger partial charge in [0, 0.05) is 11.3 Å². The second-order valence-corrected chi connectivity index (χ2v) is 10.3. The van der Waals surface area contributed by atoms with E-state index in [1.165, 1.54) is 6.21 Å². The summed E-state index contributed by atoms with van der Waals surface area (Å²) >= 11 is 12.7. The minimum atomic E-state index is -0.446. The molecule has 0 aromatic heterocycles. The van der Waals surface area contributed by atoms with Crippen molar-refractivity contribution in [2.45, 2.75) is 27.4 Å². The number of hydrogen-bond donors (Lipinski definition) is 2. The number of hydrogen-bond acceptors (Lipinski definition) is 6. The molecule has 0 unspecified atom stereocenters. The van der Waals surface area contributed by atoms with E-state index in [-0.39, 0.29) is 28.3 Å². The Bertz CT molecular complexity index is 1600. The van der Waals surface area contributed by atoms with Crippen LogP contribution < -0.4 is 25.0 Å². The van der Waals surface area contributed by atoms with E-state index in [0.717, 1.165) is 16.7 Å². The van der Waals surface area contributed by atoms with Gasteiger partial charge in [-0.3, -0.25) is 9.59 Å². The van der Waals surface area contributed by atoms with Crippen molar-refractivity contribution in [2.75, 3.05) is 18.5 Å². The third kappa shape index (κ3) is 8.73. The molecule has 43 heavy (non-hydrogen) atoms. The smallest absolute Gasteiger partial charge is 0.271 e. The Morgan fingerprint density at radius 3 is 2.33 bits per heavy atom. The van der Waals surface area contributed by atoms with E-state index < -0.39 is 5.91 Å². The van der Waals surface area contributed by atoms with Crippen LogP contribution in [0.15, 0.2) is 84.0 Å². The molecule has 4 aromatic rings. The molecule has 222 valence electrons. The van der Waals surface area contributed by atoms with Crippen LogP contribution in [-0.4, -0.2) is 31.2 Å². The van der Waals surface area contributed by atoms with Gasteiger partial charge in [0.05, 0.1) is 22.9 Å². The van der Waals surface area contributed by atoms with Gasteiger partial charge in [-0.25, -0.2) is 5.43 Å². The molecule has 2 amide bonds. The Labute approximate surface area is 260 Å². The number of amides is 2. The number of halogens is 2. The highest BCUT2D eigenvalue weighted by atomic mass is 35.5. The molecule has 10 heteroatoms. The number of carbonyl (C=O) groups is 2. The van der Waals surface area contributed by atoms with Crippen LogP contribution in [0.3, 0.4) is 0 Å². The third-order valence-electron chi connectivity index (χ3n) is 6.37. The zero-order chi connectivity index (χ0) is 30.8. The van der Waals surface area contributed by atoms with Crippen LogP contribution in [-0.2, 0) is 11.4 Å². The topological polar surface area (TPSA) is 98.3 Å². The lowest BCUT2D eigenvalue weighted by molar-refractivity contribution is -0.118. The number of ether oxygens (including phenoxy) is 3. The van der Waals surface area contributed by atoms with Crippen LogP contribution in [0.4, 0.5) is 5.69 Å². The van der Waals surface area contributed by atoms with Crippen molar-refractivity contribution in [1.82, 2.24) is 5.43 Å². The maximum atomic E-state index is 12.8. The average Bonchev–Trinajstić information content (AvgIpc) is 2.99. The van der Waals surface area contributed by atoms with Gasteiger partial charge in [0.1, 0.15) is 6.61 Å². The van der Waals surface area contributed by atoms with Crippen LogP contribution >= 0.6 is 23.2 Å². The molecule has 0 radical (unpaired) electrons. The van der Waals surface area contributed by atoms with Gasteiger partial charge in [-0.2, -0.15) is 5.10 Å². The Balaban J connectivity index is 1.34. The number of aryl methyl sites for hydroxylation is 1. The molecule has 0 fully saturated rings. The molecule has 0 aliphatic rings. The Hall–Kier alpha value is -4.53. The molecule has 4 rings (SSSR count). The quantitative estimate of drug-likeness (QED) is 0.127. The molecule has 0 bridgehead atoms. The maximum Gasteiger partial charge on any atom is 0.271 e. The van der Waals surface area contributed by atoms with Crippen molar-refractivity contribution < 1.29 is 23.8 Å². The first kappa shape index (κ1) is 31.4. The fraction of sp³-hybridized carbons (Fsp3) is 0.182. The summed E-state index contributed by atoms with van der Waals surface area (Å²) in [5.41, 5.74) is 7.10. The fourth-order valence-electron chi connectivity index (χ4n) is 4.00. The summed E-state index contributed by atoms with van der Waals surface area (Å²) in [7, 11) is 0. The van der Waals surface area contributed by atoms with E-state index >= 15 is 0 Å². The molecule has 0 aliphatic carbocycles. The minimum Gasteiger partial charge on any atom is -0.490 e. The summed E-state index contributed by atoms with van der Waals surface area (Å²) in [4.78, 5) is 25.2. The summed E-state index contributed by atoms with van der Waals surface area (Å²) in [6.07, 6.45) is 1.40. The van der Waals surface area contributed by atoms with E-state index in [0.29, 0.717) is 41.5 Å². The third-order valence-corrected chi connectivity index (χ3v) is 6.93. The summed E-state index contributed by atoms with van der Waals surface area (Å²) in [5.74, 6) is 0.349. The number of hydrazone groups is 1. The average molecular weight is 621 g/mol. The summed E-state index contributed by atoms with van der Waals surface area (Å²) in [6.45, 7) is 6.24. The van der Waals surface area contributed by atoms with Gasteiger partial charge in [-0.15, -0.1) is 0 Å². The predicted octanol–water partition coefficient (Wildman–Crippen LogP) is 7.37. The lowest BCUT2D eigenvalue weighted by atomic mass is 10.1. The van der Waals surface area contributed by atoms with Crippen LogP contribution in [0.5, 0.6) is 17.2 Å². The van der Waals surface area contributed by atoms with Gasteiger partial charge in [0.15, 0.2) is 23.9 Å². The summed E-state index contributed by atoms with van der Waals surface area (Å²) in [6, 6.07) is 23.5. The number of nitrogens with one attached hydrogen (secondary N) is 2. The SMILES string of the molecule is CCOc1cc(C(=O)N/N=C/c2cc(Cl)c(OCC(=O)Nc3cccc(C)c3C)c(Cl)c2)ccc1OCc1ccccc1. The molecule has 0 spiro atoms. The second-order valence-electron chi connectivity index (χ2n) is 9.47. The van der Waals surface area contributed by atoms with Crippen molar-refractivity contribution in [3.8, 4) is 17.2 Å². The van der Waals surface area contributed by atoms with E-state index in [2.05, 4.69) is 15.8 Å². The van der Waals surface area contributed by atoms with Gasteiger partial charge in [0.25, 0.3) is 11.8 Å². The fourth-order valence-corrected chi connectivity index (χ4v) is 4.62. The molecule has 0 saturated carbocycles. The van der Waals surface area contributed by atoms with Crippen molar-refractivity contribution >= 4 is 46.9 Å². The minimum absolute atomic E-state index is 0.165. The van der Waals surface area contributed by atoms with Crippen molar-refractivity contribution in [2.24, 2.45) is 5.10 Å². The maximum absolute atomic E-state index is 12.8. The second kappa shape index (κ2) is 15.1. The van der Waals surface area contributed by atoms with E-state index in [1.807, 2.05) is 69.3 Å². The molecule has 8 nitrogen and oxygen atoms in total. The first-order chi connectivity index (χ1) is 20.7. The highest BCUT2D eigenvalue weighted by molar-refractivity contribution is 6.37. The van der Waals surface area contributed by atoms with Gasteiger partial charge in [-0.1, -0.05) is 65.7 Å². The lowest BCUT2D eigenvalue weighted by Crippen LogP contribution is -2.21. The van der Waals surface area contributed by atoms with E-state index in [4.69, 9.17) is 37.4 Å². The van der Waals surface area contributed by atoms with Crippen LogP contribution in [0.25, 0.3) is 0 Å². The van der Waals surface area contributed by atoms with E-state index in [1.54, 1.807) is 30.3 Å². The molecule has 0 heterocycles. The summed E-state index contributed by atoms with van der Waals surface area (Å²) in [5, 5.41) is 7.22. The first-order valence-corrected chi connectivity index (χ1v) is 14.3. The largest absolute Gasteiger partial charge is 0.490 e. The monoisotopic (exact) mass is 619 g/mol. The molecular weight excluding hydrogens is 589 g/mol. The van der Waals surface area contributed by atoms with Crippen LogP contribution in [0, 0.1) is 13.8 Å². The van der Waals surface area contributed by atoms with Crippen molar-refractivity contribution in [1.29, 1.82) is 0 Å². The van der Waals surface area contributed by atoms with Gasteiger partial charge in [-0.05, 0) is 79.4 Å². The Kier molecular flexibility index (Phi) is 11.0. The number of carbonyl (C=O) groups excluding carboxylic acids is 2. The number of nitrogens with zero attached hydrogens (tertiary/aromatic N) is 1. The van der Waals surface area contributed by atoms with Gasteiger partial charge in [0.2, 0.25) is 0 Å². The van der Waals surface area contributed by atoms with Gasteiger partial charge >= 0.3 is 0 Å². The highest BCUT2D eigenvalue weighted by Gasteiger charge is 2.14. The van der Waals surface area contributed by atoms with E-state index in [9.17, 15) is 9.59 Å². The highest BCUT2D eigenvalue weighted by Crippen LogP contribution is 2.34. The van der Waals surface area contributed by atoms with Gasteiger partial charge < -0.3 is 19.5 Å². The molecule has 4 aromatic carbocycles. The molecule has 0 saturated heterocycles.